The lowest BCUT2D eigenvalue weighted by atomic mass is 10.1. The molecular formula is C22H22N4O5. The number of ether oxygens (including phenoxy) is 2. The maximum Gasteiger partial charge on any atom is 0.276 e. The van der Waals surface area contributed by atoms with Gasteiger partial charge in [-0.05, 0) is 55.5 Å². The zero-order valence-corrected chi connectivity index (χ0v) is 17.0. The average molecular weight is 422 g/mol. The number of nitrogens with one attached hydrogen (secondary N) is 2. The molecule has 3 amide bonds. The highest BCUT2D eigenvalue weighted by Crippen LogP contribution is 2.27. The third-order valence-electron chi connectivity index (χ3n) is 4.63. The van der Waals surface area contributed by atoms with Gasteiger partial charge in [0.2, 0.25) is 11.8 Å². The van der Waals surface area contributed by atoms with Crippen molar-refractivity contribution in [2.45, 2.75) is 13.3 Å². The summed E-state index contributed by atoms with van der Waals surface area (Å²) in [7, 11) is 0. The molecule has 3 rings (SSSR count). The van der Waals surface area contributed by atoms with E-state index in [0.29, 0.717) is 29.4 Å². The number of hydrazine groups is 1. The van der Waals surface area contributed by atoms with E-state index < -0.39 is 17.7 Å². The van der Waals surface area contributed by atoms with E-state index in [-0.39, 0.29) is 25.5 Å². The smallest absolute Gasteiger partial charge is 0.276 e. The Kier molecular flexibility index (Phi) is 7.06. The quantitative estimate of drug-likeness (QED) is 0.653. The Labute approximate surface area is 179 Å². The van der Waals surface area contributed by atoms with Gasteiger partial charge in [0, 0.05) is 18.7 Å². The Morgan fingerprint density at radius 2 is 1.71 bits per heavy atom. The van der Waals surface area contributed by atoms with Gasteiger partial charge in [0.05, 0.1) is 24.2 Å². The Hall–Kier alpha value is -4.06. The maximum absolute atomic E-state index is 12.4. The van der Waals surface area contributed by atoms with Crippen LogP contribution in [0.3, 0.4) is 0 Å². The summed E-state index contributed by atoms with van der Waals surface area (Å²) in [5.74, 6) is -0.622. The zero-order chi connectivity index (χ0) is 22.2. The van der Waals surface area contributed by atoms with Crippen LogP contribution in [-0.2, 0) is 14.4 Å². The number of nitriles is 1. The lowest BCUT2D eigenvalue weighted by molar-refractivity contribution is -0.132. The van der Waals surface area contributed by atoms with Crippen molar-refractivity contribution in [2.24, 2.45) is 5.92 Å². The van der Waals surface area contributed by atoms with Gasteiger partial charge in [0.1, 0.15) is 11.5 Å². The van der Waals surface area contributed by atoms with Gasteiger partial charge < -0.3 is 14.4 Å². The third kappa shape index (κ3) is 5.73. The molecule has 1 atom stereocenters. The first-order valence-corrected chi connectivity index (χ1v) is 9.75. The minimum atomic E-state index is -0.584. The molecule has 0 aliphatic carbocycles. The van der Waals surface area contributed by atoms with Crippen LogP contribution < -0.4 is 25.2 Å². The van der Waals surface area contributed by atoms with Gasteiger partial charge in [-0.25, -0.2) is 0 Å². The van der Waals surface area contributed by atoms with Crippen molar-refractivity contribution >= 4 is 23.4 Å². The molecule has 9 nitrogen and oxygen atoms in total. The fraction of sp³-hybridized carbons (Fsp3) is 0.273. The fourth-order valence-corrected chi connectivity index (χ4v) is 3.07. The van der Waals surface area contributed by atoms with E-state index >= 15 is 0 Å². The van der Waals surface area contributed by atoms with Crippen LogP contribution in [0.4, 0.5) is 5.69 Å². The molecule has 0 radical (unpaired) electrons. The van der Waals surface area contributed by atoms with Crippen LogP contribution in [0.1, 0.15) is 18.9 Å². The van der Waals surface area contributed by atoms with E-state index in [9.17, 15) is 14.4 Å². The van der Waals surface area contributed by atoms with Crippen molar-refractivity contribution in [3.8, 4) is 17.6 Å². The second kappa shape index (κ2) is 10.1. The largest absolute Gasteiger partial charge is 0.494 e. The number of carbonyl (C=O) groups excluding carboxylic acids is 3. The molecule has 160 valence electrons. The molecule has 1 saturated heterocycles. The molecule has 0 bridgehead atoms. The van der Waals surface area contributed by atoms with E-state index in [4.69, 9.17) is 14.7 Å². The van der Waals surface area contributed by atoms with Crippen LogP contribution in [0.2, 0.25) is 0 Å². The molecule has 1 unspecified atom stereocenters. The minimum absolute atomic E-state index is 0.0522. The first-order chi connectivity index (χ1) is 15.0. The predicted octanol–water partition coefficient (Wildman–Crippen LogP) is 1.54. The summed E-state index contributed by atoms with van der Waals surface area (Å²) >= 11 is 0. The molecule has 2 aromatic carbocycles. The van der Waals surface area contributed by atoms with Crippen molar-refractivity contribution in [2.75, 3.05) is 24.7 Å². The van der Waals surface area contributed by atoms with Crippen LogP contribution in [0.15, 0.2) is 48.5 Å². The van der Waals surface area contributed by atoms with Gasteiger partial charge in [-0.15, -0.1) is 0 Å². The average Bonchev–Trinajstić information content (AvgIpc) is 3.18. The van der Waals surface area contributed by atoms with E-state index in [2.05, 4.69) is 10.9 Å². The number of anilines is 1. The number of amides is 3. The van der Waals surface area contributed by atoms with Crippen LogP contribution in [0, 0.1) is 17.2 Å². The van der Waals surface area contributed by atoms with Crippen molar-refractivity contribution in [3.63, 3.8) is 0 Å². The number of carbonyl (C=O) groups is 3. The van der Waals surface area contributed by atoms with Crippen LogP contribution >= 0.6 is 0 Å². The summed E-state index contributed by atoms with van der Waals surface area (Å²) < 4.78 is 10.7. The Bertz CT molecular complexity index is 982. The summed E-state index contributed by atoms with van der Waals surface area (Å²) in [6.45, 7) is 2.35. The van der Waals surface area contributed by atoms with Crippen molar-refractivity contribution < 1.29 is 23.9 Å². The standard InChI is InChI=1S/C22H22N4O5/c1-2-30-18-9-5-17(6-10-18)26-13-16(11-21(26)28)22(29)25-24-20(27)14-31-19-7-3-15(12-23)4-8-19/h3-10,16H,2,11,13-14H2,1H3,(H,24,27)(H,25,29). The van der Waals surface area contributed by atoms with Gasteiger partial charge in [0.25, 0.3) is 5.91 Å². The van der Waals surface area contributed by atoms with Crippen LogP contribution in [0.25, 0.3) is 0 Å². The number of nitrogens with zero attached hydrogens (tertiary/aromatic N) is 2. The zero-order valence-electron chi connectivity index (χ0n) is 17.0. The third-order valence-corrected chi connectivity index (χ3v) is 4.63. The molecule has 1 aliphatic heterocycles. The summed E-state index contributed by atoms with van der Waals surface area (Å²) in [5, 5.41) is 8.76. The van der Waals surface area contributed by atoms with E-state index in [1.54, 1.807) is 48.5 Å². The van der Waals surface area contributed by atoms with Gasteiger partial charge >= 0.3 is 0 Å². The highest BCUT2D eigenvalue weighted by Gasteiger charge is 2.35. The lowest BCUT2D eigenvalue weighted by Gasteiger charge is -2.17. The molecule has 0 spiro atoms. The Balaban J connectivity index is 1.45. The van der Waals surface area contributed by atoms with E-state index in [1.807, 2.05) is 13.0 Å². The lowest BCUT2D eigenvalue weighted by Crippen LogP contribution is -2.46. The number of rotatable bonds is 7. The second-order valence-corrected chi connectivity index (χ2v) is 6.79. The molecule has 0 saturated carbocycles. The normalized spacial score (nSPS) is 15.2. The highest BCUT2D eigenvalue weighted by molar-refractivity contribution is 6.00. The summed E-state index contributed by atoms with van der Waals surface area (Å²) in [5.41, 5.74) is 5.78. The van der Waals surface area contributed by atoms with Crippen molar-refractivity contribution in [1.82, 2.24) is 10.9 Å². The maximum atomic E-state index is 12.4. The van der Waals surface area contributed by atoms with E-state index in [1.165, 1.54) is 4.90 Å². The van der Waals surface area contributed by atoms with Crippen LogP contribution in [0.5, 0.6) is 11.5 Å². The molecule has 9 heteroatoms. The van der Waals surface area contributed by atoms with Gasteiger partial charge in [-0.1, -0.05) is 0 Å². The summed E-state index contributed by atoms with van der Waals surface area (Å²) in [6.07, 6.45) is 0.0522. The number of benzene rings is 2. The van der Waals surface area contributed by atoms with Crippen molar-refractivity contribution in [1.29, 1.82) is 5.26 Å². The van der Waals surface area contributed by atoms with Crippen molar-refractivity contribution in [3.05, 3.63) is 54.1 Å². The van der Waals surface area contributed by atoms with Gasteiger partial charge in [0.15, 0.2) is 6.61 Å². The first-order valence-electron chi connectivity index (χ1n) is 9.75. The molecular weight excluding hydrogens is 400 g/mol. The number of hydrogen-bond donors (Lipinski definition) is 2. The first kappa shape index (κ1) is 21.6. The molecule has 2 N–H and O–H groups in total. The second-order valence-electron chi connectivity index (χ2n) is 6.79. The van der Waals surface area contributed by atoms with Gasteiger partial charge in [-0.3, -0.25) is 25.2 Å². The summed E-state index contributed by atoms with van der Waals surface area (Å²) in [4.78, 5) is 38.1. The fourth-order valence-electron chi connectivity index (χ4n) is 3.07. The highest BCUT2D eigenvalue weighted by atomic mass is 16.5. The SMILES string of the molecule is CCOc1ccc(N2CC(C(=O)NNC(=O)COc3ccc(C#N)cc3)CC2=O)cc1. The van der Waals surface area contributed by atoms with E-state index in [0.717, 1.165) is 0 Å². The Morgan fingerprint density at radius 1 is 1.06 bits per heavy atom. The molecule has 2 aromatic rings. The van der Waals surface area contributed by atoms with Crippen LogP contribution in [-0.4, -0.2) is 37.5 Å². The molecule has 1 heterocycles. The van der Waals surface area contributed by atoms with Gasteiger partial charge in [-0.2, -0.15) is 5.26 Å². The molecule has 1 aliphatic rings. The monoisotopic (exact) mass is 422 g/mol. The molecule has 1 fully saturated rings. The minimum Gasteiger partial charge on any atom is -0.494 e. The Morgan fingerprint density at radius 3 is 2.35 bits per heavy atom. The molecule has 31 heavy (non-hydrogen) atoms. The molecule has 0 aromatic heterocycles. The topological polar surface area (TPSA) is 121 Å². The summed E-state index contributed by atoms with van der Waals surface area (Å²) in [6, 6.07) is 15.4. The predicted molar refractivity (Wildman–Crippen MR) is 111 cm³/mol. The number of hydrogen-bond acceptors (Lipinski definition) is 6.